The Morgan fingerprint density at radius 2 is 1.65 bits per heavy atom. The highest BCUT2D eigenvalue weighted by Crippen LogP contribution is 2.41. The first kappa shape index (κ1) is 21.5. The van der Waals surface area contributed by atoms with Gasteiger partial charge >= 0.3 is 0 Å². The van der Waals surface area contributed by atoms with Crippen molar-refractivity contribution in [3.8, 4) is 11.1 Å². The van der Waals surface area contributed by atoms with Gasteiger partial charge < -0.3 is 10.2 Å². The van der Waals surface area contributed by atoms with Gasteiger partial charge in [0.05, 0.1) is 6.04 Å². The molecule has 1 amide bonds. The number of amides is 1. The minimum Gasteiger partial charge on any atom is -0.378 e. The lowest BCUT2D eigenvalue weighted by Crippen LogP contribution is -2.43. The van der Waals surface area contributed by atoms with Crippen molar-refractivity contribution in [1.82, 2.24) is 0 Å². The first-order valence-electron chi connectivity index (χ1n) is 10.9. The number of nitrogens with zero attached hydrogens (tertiary/aromatic N) is 1. The van der Waals surface area contributed by atoms with Crippen LogP contribution >= 0.6 is 11.6 Å². The highest BCUT2D eigenvalue weighted by atomic mass is 35.5. The molecular weight excluding hydrogens is 404 g/mol. The number of hydrogen-bond donors (Lipinski definition) is 1. The molecule has 0 fully saturated rings. The quantitative estimate of drug-likeness (QED) is 0.464. The number of rotatable bonds is 4. The fraction of sp³-hybridized carbons (Fsp3) is 0.296. The van der Waals surface area contributed by atoms with Gasteiger partial charge in [-0.3, -0.25) is 4.79 Å². The van der Waals surface area contributed by atoms with E-state index in [4.69, 9.17) is 11.6 Å². The van der Waals surface area contributed by atoms with Crippen molar-refractivity contribution < 1.29 is 4.79 Å². The van der Waals surface area contributed by atoms with Crippen LogP contribution in [0.4, 0.5) is 11.4 Å². The number of anilines is 2. The van der Waals surface area contributed by atoms with Gasteiger partial charge in [-0.25, -0.2) is 0 Å². The van der Waals surface area contributed by atoms with Gasteiger partial charge in [0.15, 0.2) is 0 Å². The van der Waals surface area contributed by atoms with Crippen LogP contribution in [0.5, 0.6) is 0 Å². The summed E-state index contributed by atoms with van der Waals surface area (Å²) in [4.78, 5) is 14.3. The number of nitrogens with one attached hydrogen (secondary N) is 1. The van der Waals surface area contributed by atoms with Crippen molar-refractivity contribution in [1.29, 1.82) is 0 Å². The number of benzene rings is 3. The van der Waals surface area contributed by atoms with E-state index in [1.807, 2.05) is 29.2 Å². The third-order valence-electron chi connectivity index (χ3n) is 6.12. The zero-order valence-corrected chi connectivity index (χ0v) is 19.3. The van der Waals surface area contributed by atoms with Crippen LogP contribution in [0.2, 0.25) is 5.02 Å². The Hall–Kier alpha value is -2.78. The predicted octanol–water partition coefficient (Wildman–Crippen LogP) is 7.43. The first-order chi connectivity index (χ1) is 14.8. The summed E-state index contributed by atoms with van der Waals surface area (Å²) in [6, 6.07) is 23.2. The number of fused-ring (bicyclic) bond motifs is 1. The van der Waals surface area contributed by atoms with Gasteiger partial charge in [0, 0.05) is 29.4 Å². The van der Waals surface area contributed by atoms with Gasteiger partial charge in [0.1, 0.15) is 0 Å². The molecule has 4 heteroatoms. The van der Waals surface area contributed by atoms with Crippen molar-refractivity contribution in [2.75, 3.05) is 10.2 Å². The largest absolute Gasteiger partial charge is 0.378 e. The van der Waals surface area contributed by atoms with Crippen LogP contribution in [-0.4, -0.2) is 11.9 Å². The van der Waals surface area contributed by atoms with Gasteiger partial charge in [0.2, 0.25) is 5.91 Å². The third-order valence-corrected chi connectivity index (χ3v) is 6.37. The Balaban J connectivity index is 1.74. The van der Waals surface area contributed by atoms with E-state index in [1.165, 1.54) is 11.1 Å². The molecule has 160 valence electrons. The predicted molar refractivity (Wildman–Crippen MR) is 131 cm³/mol. The monoisotopic (exact) mass is 432 g/mol. The molecule has 3 aromatic carbocycles. The maximum atomic E-state index is 12.4. The number of carbonyl (C=O) groups excluding carboxylic acids is 1. The average Bonchev–Trinajstić information content (AvgIpc) is 2.75. The van der Waals surface area contributed by atoms with Crippen LogP contribution in [0.15, 0.2) is 66.7 Å². The van der Waals surface area contributed by atoms with Crippen molar-refractivity contribution in [2.24, 2.45) is 0 Å². The lowest BCUT2D eigenvalue weighted by Gasteiger charge is -2.39. The molecule has 3 aromatic rings. The van der Waals surface area contributed by atoms with E-state index in [-0.39, 0.29) is 18.0 Å². The summed E-state index contributed by atoms with van der Waals surface area (Å²) in [5.74, 6) is 0.587. The molecule has 0 saturated heterocycles. The molecule has 1 aliphatic heterocycles. The van der Waals surface area contributed by atoms with Crippen LogP contribution in [0.25, 0.3) is 11.1 Å². The molecular formula is C27H29ClN2O. The fourth-order valence-electron chi connectivity index (χ4n) is 4.47. The zero-order chi connectivity index (χ0) is 22.1. The second-order valence-corrected chi connectivity index (χ2v) is 9.16. The van der Waals surface area contributed by atoms with Crippen LogP contribution in [0, 0.1) is 0 Å². The molecule has 2 atom stereocenters. The minimum absolute atomic E-state index is 0.0766. The molecule has 0 bridgehead atoms. The standard InChI is InChI=1S/C27H29ClN2O/c1-17(2)20-5-7-21(8-6-20)22-9-14-27-25(16-22)26(15-18(3)30(27)19(4)31)29-24-12-10-23(28)11-13-24/h5-14,16-18,26,29H,15H2,1-4H3. The minimum atomic E-state index is 0.0766. The molecule has 3 nitrogen and oxygen atoms in total. The van der Waals surface area contributed by atoms with Gasteiger partial charge in [-0.1, -0.05) is 55.8 Å². The second kappa shape index (κ2) is 8.76. The molecule has 1 aliphatic rings. The number of carbonyl (C=O) groups is 1. The number of hydrogen-bond acceptors (Lipinski definition) is 2. The Bertz CT molecular complexity index is 1070. The van der Waals surface area contributed by atoms with Gasteiger partial charge in [-0.15, -0.1) is 0 Å². The number of halogens is 1. The SMILES string of the molecule is CC(=O)N1c2ccc(-c3ccc(C(C)C)cc3)cc2C(Nc2ccc(Cl)cc2)CC1C. The van der Waals surface area contributed by atoms with Gasteiger partial charge in [-0.2, -0.15) is 0 Å². The summed E-state index contributed by atoms with van der Waals surface area (Å²) < 4.78 is 0. The van der Waals surface area contributed by atoms with E-state index in [2.05, 4.69) is 68.6 Å². The molecule has 4 rings (SSSR count). The second-order valence-electron chi connectivity index (χ2n) is 8.73. The molecule has 1 heterocycles. The average molecular weight is 433 g/mol. The summed E-state index contributed by atoms with van der Waals surface area (Å²) in [5, 5.41) is 4.38. The summed E-state index contributed by atoms with van der Waals surface area (Å²) in [6.45, 7) is 8.17. The van der Waals surface area contributed by atoms with Crippen LogP contribution in [0.3, 0.4) is 0 Å². The summed E-state index contributed by atoms with van der Waals surface area (Å²) in [7, 11) is 0. The Labute approximate surface area is 190 Å². The molecule has 2 unspecified atom stereocenters. The highest BCUT2D eigenvalue weighted by Gasteiger charge is 2.32. The van der Waals surface area contributed by atoms with E-state index in [0.717, 1.165) is 33.9 Å². The van der Waals surface area contributed by atoms with Crippen molar-refractivity contribution >= 4 is 28.9 Å². The van der Waals surface area contributed by atoms with Gasteiger partial charge in [-0.05, 0) is 77.9 Å². The maximum absolute atomic E-state index is 12.4. The van der Waals surface area contributed by atoms with Gasteiger partial charge in [0.25, 0.3) is 0 Å². The van der Waals surface area contributed by atoms with Crippen LogP contribution in [0.1, 0.15) is 57.2 Å². The summed E-state index contributed by atoms with van der Waals surface area (Å²) >= 11 is 6.06. The Kier molecular flexibility index (Phi) is 6.06. The molecule has 0 saturated carbocycles. The van der Waals surface area contributed by atoms with Crippen LogP contribution < -0.4 is 10.2 Å². The highest BCUT2D eigenvalue weighted by molar-refractivity contribution is 6.30. The van der Waals surface area contributed by atoms with E-state index in [1.54, 1.807) is 6.92 Å². The van der Waals surface area contributed by atoms with E-state index >= 15 is 0 Å². The van der Waals surface area contributed by atoms with E-state index < -0.39 is 0 Å². The van der Waals surface area contributed by atoms with Crippen molar-refractivity contribution in [2.45, 2.75) is 52.1 Å². The lowest BCUT2D eigenvalue weighted by atomic mass is 9.88. The lowest BCUT2D eigenvalue weighted by molar-refractivity contribution is -0.117. The molecule has 1 N–H and O–H groups in total. The molecule has 0 radical (unpaired) electrons. The topological polar surface area (TPSA) is 32.3 Å². The summed E-state index contributed by atoms with van der Waals surface area (Å²) in [6.07, 6.45) is 0.838. The molecule has 0 aromatic heterocycles. The zero-order valence-electron chi connectivity index (χ0n) is 18.5. The first-order valence-corrected chi connectivity index (χ1v) is 11.3. The maximum Gasteiger partial charge on any atom is 0.224 e. The smallest absolute Gasteiger partial charge is 0.224 e. The molecule has 0 aliphatic carbocycles. The molecule has 31 heavy (non-hydrogen) atoms. The fourth-order valence-corrected chi connectivity index (χ4v) is 4.59. The Morgan fingerprint density at radius 1 is 1.00 bits per heavy atom. The van der Waals surface area contributed by atoms with E-state index in [9.17, 15) is 4.79 Å². The molecule has 0 spiro atoms. The van der Waals surface area contributed by atoms with Crippen molar-refractivity contribution in [3.63, 3.8) is 0 Å². The Morgan fingerprint density at radius 3 is 2.26 bits per heavy atom. The van der Waals surface area contributed by atoms with Crippen molar-refractivity contribution in [3.05, 3.63) is 82.9 Å². The normalized spacial score (nSPS) is 18.1. The van der Waals surface area contributed by atoms with Crippen LogP contribution in [-0.2, 0) is 4.79 Å². The summed E-state index contributed by atoms with van der Waals surface area (Å²) in [5.41, 5.74) is 6.84. The van der Waals surface area contributed by atoms with E-state index in [0.29, 0.717) is 5.92 Å². The third kappa shape index (κ3) is 4.47.